The summed E-state index contributed by atoms with van der Waals surface area (Å²) in [5.41, 5.74) is 1.08. The topological polar surface area (TPSA) is 46.9 Å². The molecule has 1 unspecified atom stereocenters. The van der Waals surface area contributed by atoms with Crippen LogP contribution in [0.25, 0.3) is 0 Å². The monoisotopic (exact) mass is 247 g/mol. The summed E-state index contributed by atoms with van der Waals surface area (Å²) in [5, 5.41) is 7.49. The highest BCUT2D eigenvalue weighted by atomic mass is 16.2. The minimum atomic E-state index is -0.146. The van der Waals surface area contributed by atoms with Gasteiger partial charge in [0.05, 0.1) is 5.41 Å². The Bertz CT molecular complexity index is 457. The van der Waals surface area contributed by atoms with Crippen LogP contribution in [0.15, 0.2) is 12.3 Å². The molecule has 0 aromatic carbocycles. The molecule has 98 valence electrons. The van der Waals surface area contributed by atoms with Crippen LogP contribution in [0, 0.1) is 5.41 Å². The molecular formula is C14H21N3O. The lowest BCUT2D eigenvalue weighted by molar-refractivity contribution is -0.127. The van der Waals surface area contributed by atoms with Crippen molar-refractivity contribution in [1.82, 2.24) is 15.1 Å². The van der Waals surface area contributed by atoms with Gasteiger partial charge in [0.2, 0.25) is 5.91 Å². The summed E-state index contributed by atoms with van der Waals surface area (Å²) < 4.78 is 2.07. The molecule has 1 atom stereocenters. The predicted molar refractivity (Wildman–Crippen MR) is 69.3 cm³/mol. The van der Waals surface area contributed by atoms with Crippen molar-refractivity contribution in [2.45, 2.75) is 51.5 Å². The number of rotatable bonds is 2. The number of nitrogens with one attached hydrogen (secondary N) is 1. The van der Waals surface area contributed by atoms with Crippen LogP contribution in [-0.2, 0) is 4.79 Å². The lowest BCUT2D eigenvalue weighted by Gasteiger charge is -2.28. The Hall–Kier alpha value is -1.32. The van der Waals surface area contributed by atoms with Gasteiger partial charge in [-0.2, -0.15) is 5.10 Å². The average molecular weight is 247 g/mol. The second-order valence-electron chi connectivity index (χ2n) is 5.92. The van der Waals surface area contributed by atoms with Crippen molar-refractivity contribution in [2.24, 2.45) is 5.41 Å². The fourth-order valence-electron chi connectivity index (χ4n) is 3.73. The number of aromatic nitrogens is 2. The van der Waals surface area contributed by atoms with Crippen LogP contribution in [-0.4, -0.2) is 22.2 Å². The third kappa shape index (κ3) is 1.51. The maximum absolute atomic E-state index is 12.2. The molecule has 2 heterocycles. The van der Waals surface area contributed by atoms with Crippen LogP contribution < -0.4 is 5.32 Å². The molecule has 1 spiro atoms. The summed E-state index contributed by atoms with van der Waals surface area (Å²) in [4.78, 5) is 12.2. The molecule has 0 radical (unpaired) electrons. The van der Waals surface area contributed by atoms with E-state index in [9.17, 15) is 4.79 Å². The SMILES string of the molecule is CC(C)n1nccc1C1CNC(=O)C12CCCC2. The predicted octanol–water partition coefficient (Wildman–Crippen LogP) is 2.24. The smallest absolute Gasteiger partial charge is 0.226 e. The highest BCUT2D eigenvalue weighted by Gasteiger charge is 2.53. The average Bonchev–Trinajstić information content (AvgIpc) is 3.03. The molecule has 1 amide bonds. The zero-order valence-corrected chi connectivity index (χ0v) is 11.1. The van der Waals surface area contributed by atoms with Gasteiger partial charge in [-0.05, 0) is 32.8 Å². The summed E-state index contributed by atoms with van der Waals surface area (Å²) in [6.07, 6.45) is 6.29. The van der Waals surface area contributed by atoms with Gasteiger partial charge < -0.3 is 5.32 Å². The van der Waals surface area contributed by atoms with Crippen molar-refractivity contribution < 1.29 is 4.79 Å². The van der Waals surface area contributed by atoms with Gasteiger partial charge in [0.15, 0.2) is 0 Å². The zero-order valence-electron chi connectivity index (χ0n) is 11.1. The van der Waals surface area contributed by atoms with Gasteiger partial charge >= 0.3 is 0 Å². The summed E-state index contributed by atoms with van der Waals surface area (Å²) in [7, 11) is 0. The van der Waals surface area contributed by atoms with Crippen molar-refractivity contribution in [3.05, 3.63) is 18.0 Å². The Morgan fingerprint density at radius 2 is 2.17 bits per heavy atom. The quantitative estimate of drug-likeness (QED) is 0.871. The van der Waals surface area contributed by atoms with Gasteiger partial charge in [-0.25, -0.2) is 0 Å². The molecule has 3 rings (SSSR count). The minimum Gasteiger partial charge on any atom is -0.355 e. The molecule has 1 N–H and O–H groups in total. The molecule has 1 saturated heterocycles. The van der Waals surface area contributed by atoms with Crippen molar-refractivity contribution in [3.8, 4) is 0 Å². The zero-order chi connectivity index (χ0) is 12.8. The van der Waals surface area contributed by atoms with Crippen LogP contribution in [0.5, 0.6) is 0 Å². The van der Waals surface area contributed by atoms with E-state index >= 15 is 0 Å². The summed E-state index contributed by atoms with van der Waals surface area (Å²) in [5.74, 6) is 0.568. The highest BCUT2D eigenvalue weighted by Crippen LogP contribution is 2.51. The lowest BCUT2D eigenvalue weighted by atomic mass is 9.74. The second kappa shape index (κ2) is 4.11. The first-order valence-electron chi connectivity index (χ1n) is 6.97. The van der Waals surface area contributed by atoms with E-state index in [0.717, 1.165) is 19.4 Å². The maximum atomic E-state index is 12.2. The Balaban J connectivity index is 2.00. The van der Waals surface area contributed by atoms with Crippen molar-refractivity contribution in [1.29, 1.82) is 0 Å². The van der Waals surface area contributed by atoms with E-state index in [2.05, 4.69) is 35.0 Å². The van der Waals surface area contributed by atoms with Crippen molar-refractivity contribution >= 4 is 5.91 Å². The first-order chi connectivity index (χ1) is 8.65. The Labute approximate surface area is 108 Å². The van der Waals surface area contributed by atoms with E-state index in [-0.39, 0.29) is 11.3 Å². The molecule has 4 nitrogen and oxygen atoms in total. The fraction of sp³-hybridized carbons (Fsp3) is 0.714. The Morgan fingerprint density at radius 3 is 2.83 bits per heavy atom. The molecule has 4 heteroatoms. The largest absolute Gasteiger partial charge is 0.355 e. The lowest BCUT2D eigenvalue weighted by Crippen LogP contribution is -2.32. The first kappa shape index (κ1) is 11.8. The minimum absolute atomic E-state index is 0.146. The van der Waals surface area contributed by atoms with Gasteiger partial charge in [0, 0.05) is 30.4 Å². The van der Waals surface area contributed by atoms with Crippen LogP contribution in [0.4, 0.5) is 0 Å². The van der Waals surface area contributed by atoms with Gasteiger partial charge in [-0.15, -0.1) is 0 Å². The maximum Gasteiger partial charge on any atom is 0.226 e. The molecule has 2 aliphatic rings. The molecule has 0 bridgehead atoms. The van der Waals surface area contributed by atoms with E-state index in [1.165, 1.54) is 18.5 Å². The fourth-order valence-corrected chi connectivity index (χ4v) is 3.73. The van der Waals surface area contributed by atoms with Gasteiger partial charge in [-0.1, -0.05) is 12.8 Å². The third-order valence-electron chi connectivity index (χ3n) is 4.63. The molecule has 1 saturated carbocycles. The summed E-state index contributed by atoms with van der Waals surface area (Å²) in [6, 6.07) is 2.44. The Kier molecular flexibility index (Phi) is 2.68. The summed E-state index contributed by atoms with van der Waals surface area (Å²) >= 11 is 0. The van der Waals surface area contributed by atoms with Crippen molar-refractivity contribution in [2.75, 3.05) is 6.54 Å². The first-order valence-corrected chi connectivity index (χ1v) is 6.97. The number of carbonyl (C=O) groups is 1. The normalized spacial score (nSPS) is 26.2. The van der Waals surface area contributed by atoms with Crippen LogP contribution in [0.1, 0.15) is 57.2 Å². The number of hydrogen-bond acceptors (Lipinski definition) is 2. The van der Waals surface area contributed by atoms with E-state index in [0.29, 0.717) is 12.0 Å². The molecule has 18 heavy (non-hydrogen) atoms. The van der Waals surface area contributed by atoms with Crippen LogP contribution >= 0.6 is 0 Å². The van der Waals surface area contributed by atoms with E-state index in [1.807, 2.05) is 6.20 Å². The van der Waals surface area contributed by atoms with Crippen molar-refractivity contribution in [3.63, 3.8) is 0 Å². The molecule has 1 aromatic rings. The number of nitrogens with zero attached hydrogens (tertiary/aromatic N) is 2. The van der Waals surface area contributed by atoms with E-state index < -0.39 is 0 Å². The molecule has 2 fully saturated rings. The van der Waals surface area contributed by atoms with Crippen LogP contribution in [0.2, 0.25) is 0 Å². The number of carbonyl (C=O) groups excluding carboxylic acids is 1. The molecule has 1 aliphatic heterocycles. The van der Waals surface area contributed by atoms with Gasteiger partial charge in [0.25, 0.3) is 0 Å². The second-order valence-corrected chi connectivity index (χ2v) is 5.92. The third-order valence-corrected chi connectivity index (χ3v) is 4.63. The van der Waals surface area contributed by atoms with E-state index in [1.54, 1.807) is 0 Å². The van der Waals surface area contributed by atoms with E-state index in [4.69, 9.17) is 0 Å². The molecule has 1 aliphatic carbocycles. The van der Waals surface area contributed by atoms with Gasteiger partial charge in [0.1, 0.15) is 0 Å². The standard InChI is InChI=1S/C14H21N3O/c1-10(2)17-12(5-8-16-17)11-9-15-13(18)14(11)6-3-4-7-14/h5,8,10-11H,3-4,6-7,9H2,1-2H3,(H,15,18). The molecular weight excluding hydrogens is 226 g/mol. The molecule has 1 aromatic heterocycles. The van der Waals surface area contributed by atoms with Crippen LogP contribution in [0.3, 0.4) is 0 Å². The number of amides is 1. The number of hydrogen-bond donors (Lipinski definition) is 1. The summed E-state index contributed by atoms with van der Waals surface area (Å²) in [6.45, 7) is 5.06. The Morgan fingerprint density at radius 1 is 1.44 bits per heavy atom. The van der Waals surface area contributed by atoms with Gasteiger partial charge in [-0.3, -0.25) is 9.48 Å². The highest BCUT2D eigenvalue weighted by molar-refractivity contribution is 5.86.